The maximum Gasteiger partial charge on any atom is 0.123 e. The third-order valence-corrected chi connectivity index (χ3v) is 4.18. The molecule has 0 spiro atoms. The van der Waals surface area contributed by atoms with Crippen molar-refractivity contribution in [1.29, 1.82) is 0 Å². The van der Waals surface area contributed by atoms with Gasteiger partial charge in [-0.1, -0.05) is 45.9 Å². The van der Waals surface area contributed by atoms with E-state index in [2.05, 4.69) is 51.2 Å². The maximum absolute atomic E-state index is 5.95. The summed E-state index contributed by atoms with van der Waals surface area (Å²) in [5, 5.41) is 3.60. The molecule has 1 aromatic carbocycles. The number of para-hydroxylation sites is 1. The lowest BCUT2D eigenvalue weighted by Crippen LogP contribution is -2.36. The molecular formula is C17H27NO. The largest absolute Gasteiger partial charge is 0.488 e. The average molecular weight is 261 g/mol. The first-order valence-corrected chi connectivity index (χ1v) is 7.53. The highest BCUT2D eigenvalue weighted by Gasteiger charge is 2.23. The highest BCUT2D eigenvalue weighted by Crippen LogP contribution is 2.27. The lowest BCUT2D eigenvalue weighted by molar-refractivity contribution is 0.211. The SMILES string of the molecule is CC(C)C(CNCC1Cc2ccccc2O1)C(C)C. The van der Waals surface area contributed by atoms with Crippen molar-refractivity contribution < 1.29 is 4.74 Å². The van der Waals surface area contributed by atoms with Crippen LogP contribution < -0.4 is 10.1 Å². The zero-order chi connectivity index (χ0) is 13.8. The molecule has 2 nitrogen and oxygen atoms in total. The van der Waals surface area contributed by atoms with Crippen LogP contribution in [0.4, 0.5) is 0 Å². The third kappa shape index (κ3) is 3.73. The van der Waals surface area contributed by atoms with Gasteiger partial charge in [-0.15, -0.1) is 0 Å². The second-order valence-corrected chi connectivity index (χ2v) is 6.36. The van der Waals surface area contributed by atoms with Crippen molar-refractivity contribution in [2.24, 2.45) is 17.8 Å². The maximum atomic E-state index is 5.95. The van der Waals surface area contributed by atoms with Gasteiger partial charge in [0.15, 0.2) is 0 Å². The zero-order valence-electron chi connectivity index (χ0n) is 12.6. The number of hydrogen-bond acceptors (Lipinski definition) is 2. The zero-order valence-corrected chi connectivity index (χ0v) is 12.6. The van der Waals surface area contributed by atoms with Gasteiger partial charge in [0.05, 0.1) is 0 Å². The normalized spacial score (nSPS) is 18.2. The Hall–Kier alpha value is -1.02. The molecule has 0 aliphatic carbocycles. The standard InChI is InChI=1S/C17H27NO/c1-12(2)16(13(3)4)11-18-10-15-9-14-7-5-6-8-17(14)19-15/h5-8,12-13,15-16,18H,9-11H2,1-4H3. The summed E-state index contributed by atoms with van der Waals surface area (Å²) >= 11 is 0. The van der Waals surface area contributed by atoms with Gasteiger partial charge in [-0.25, -0.2) is 0 Å². The minimum absolute atomic E-state index is 0.303. The highest BCUT2D eigenvalue weighted by molar-refractivity contribution is 5.37. The molecule has 1 aliphatic heterocycles. The van der Waals surface area contributed by atoms with E-state index < -0.39 is 0 Å². The van der Waals surface area contributed by atoms with Gasteiger partial charge in [0.2, 0.25) is 0 Å². The molecule has 1 unspecified atom stereocenters. The topological polar surface area (TPSA) is 21.3 Å². The van der Waals surface area contributed by atoms with E-state index in [1.807, 2.05) is 6.07 Å². The van der Waals surface area contributed by atoms with E-state index in [0.29, 0.717) is 6.10 Å². The Bertz CT molecular complexity index is 367. The molecule has 1 N–H and O–H groups in total. The molecule has 2 rings (SSSR count). The monoisotopic (exact) mass is 261 g/mol. The van der Waals surface area contributed by atoms with Crippen LogP contribution in [0.5, 0.6) is 5.75 Å². The van der Waals surface area contributed by atoms with Crippen molar-refractivity contribution in [2.45, 2.75) is 40.2 Å². The number of hydrogen-bond donors (Lipinski definition) is 1. The van der Waals surface area contributed by atoms with E-state index >= 15 is 0 Å². The highest BCUT2D eigenvalue weighted by atomic mass is 16.5. The van der Waals surface area contributed by atoms with Gasteiger partial charge in [-0.2, -0.15) is 0 Å². The Morgan fingerprint density at radius 3 is 2.47 bits per heavy atom. The summed E-state index contributed by atoms with van der Waals surface area (Å²) in [5.74, 6) is 3.27. The van der Waals surface area contributed by atoms with Crippen molar-refractivity contribution >= 4 is 0 Å². The summed E-state index contributed by atoms with van der Waals surface area (Å²) in [6.45, 7) is 11.3. The second-order valence-electron chi connectivity index (χ2n) is 6.36. The molecule has 0 radical (unpaired) electrons. The van der Waals surface area contributed by atoms with E-state index in [0.717, 1.165) is 43.0 Å². The van der Waals surface area contributed by atoms with Crippen molar-refractivity contribution in [2.75, 3.05) is 13.1 Å². The molecule has 1 atom stereocenters. The quantitative estimate of drug-likeness (QED) is 0.846. The van der Waals surface area contributed by atoms with Gasteiger partial charge in [0.25, 0.3) is 0 Å². The van der Waals surface area contributed by atoms with Crippen molar-refractivity contribution in [3.63, 3.8) is 0 Å². The van der Waals surface area contributed by atoms with Gasteiger partial charge in [0.1, 0.15) is 11.9 Å². The summed E-state index contributed by atoms with van der Waals surface area (Å²) < 4.78 is 5.95. The summed E-state index contributed by atoms with van der Waals surface area (Å²) in [7, 11) is 0. The Labute approximate surface area is 117 Å². The molecular weight excluding hydrogens is 234 g/mol. The van der Waals surface area contributed by atoms with Crippen LogP contribution in [0.15, 0.2) is 24.3 Å². The van der Waals surface area contributed by atoms with E-state index in [1.165, 1.54) is 5.56 Å². The Morgan fingerprint density at radius 2 is 1.84 bits per heavy atom. The summed E-state index contributed by atoms with van der Waals surface area (Å²) in [4.78, 5) is 0. The van der Waals surface area contributed by atoms with Gasteiger partial charge in [-0.3, -0.25) is 0 Å². The molecule has 19 heavy (non-hydrogen) atoms. The predicted octanol–water partition coefficient (Wildman–Crippen LogP) is 3.51. The number of ether oxygens (including phenoxy) is 1. The van der Waals surface area contributed by atoms with Crippen LogP contribution in [0.3, 0.4) is 0 Å². The molecule has 0 saturated heterocycles. The summed E-state index contributed by atoms with van der Waals surface area (Å²) in [5.41, 5.74) is 1.35. The lowest BCUT2D eigenvalue weighted by Gasteiger charge is -2.25. The minimum atomic E-state index is 0.303. The van der Waals surface area contributed by atoms with Crippen LogP contribution >= 0.6 is 0 Å². The first kappa shape index (κ1) is 14.4. The lowest BCUT2D eigenvalue weighted by atomic mass is 9.85. The van der Waals surface area contributed by atoms with E-state index in [9.17, 15) is 0 Å². The number of rotatable bonds is 6. The van der Waals surface area contributed by atoms with Crippen LogP contribution in [0.2, 0.25) is 0 Å². The van der Waals surface area contributed by atoms with E-state index in [1.54, 1.807) is 0 Å². The van der Waals surface area contributed by atoms with Crippen molar-refractivity contribution in [3.8, 4) is 5.75 Å². The molecule has 0 aromatic heterocycles. The minimum Gasteiger partial charge on any atom is -0.488 e. The van der Waals surface area contributed by atoms with Crippen LogP contribution in [0, 0.1) is 17.8 Å². The molecule has 1 aromatic rings. The van der Waals surface area contributed by atoms with Crippen LogP contribution in [0.1, 0.15) is 33.3 Å². The predicted molar refractivity (Wildman–Crippen MR) is 80.6 cm³/mol. The molecule has 2 heteroatoms. The molecule has 0 amide bonds. The molecule has 106 valence electrons. The van der Waals surface area contributed by atoms with Gasteiger partial charge in [0, 0.05) is 13.0 Å². The third-order valence-electron chi connectivity index (χ3n) is 4.18. The molecule has 0 bridgehead atoms. The Kier molecular flexibility index (Phi) is 4.87. The van der Waals surface area contributed by atoms with Gasteiger partial charge < -0.3 is 10.1 Å². The van der Waals surface area contributed by atoms with Gasteiger partial charge in [-0.05, 0) is 35.9 Å². The van der Waals surface area contributed by atoms with Crippen molar-refractivity contribution in [3.05, 3.63) is 29.8 Å². The molecule has 0 fully saturated rings. The first-order chi connectivity index (χ1) is 9.08. The van der Waals surface area contributed by atoms with Crippen molar-refractivity contribution in [1.82, 2.24) is 5.32 Å². The number of fused-ring (bicyclic) bond motifs is 1. The first-order valence-electron chi connectivity index (χ1n) is 7.53. The van der Waals surface area contributed by atoms with Crippen LogP contribution in [-0.4, -0.2) is 19.2 Å². The van der Waals surface area contributed by atoms with Crippen LogP contribution in [-0.2, 0) is 6.42 Å². The average Bonchev–Trinajstić information content (AvgIpc) is 2.76. The number of benzene rings is 1. The van der Waals surface area contributed by atoms with E-state index in [4.69, 9.17) is 4.74 Å². The summed E-state index contributed by atoms with van der Waals surface area (Å²) in [6, 6.07) is 8.37. The fourth-order valence-electron chi connectivity index (χ4n) is 3.02. The molecule has 1 aliphatic rings. The second kappa shape index (κ2) is 6.42. The summed E-state index contributed by atoms with van der Waals surface area (Å²) in [6.07, 6.45) is 1.34. The smallest absolute Gasteiger partial charge is 0.123 e. The van der Waals surface area contributed by atoms with E-state index in [-0.39, 0.29) is 0 Å². The Balaban J connectivity index is 1.76. The Morgan fingerprint density at radius 1 is 1.16 bits per heavy atom. The fraction of sp³-hybridized carbons (Fsp3) is 0.647. The number of nitrogens with one attached hydrogen (secondary N) is 1. The van der Waals surface area contributed by atoms with Gasteiger partial charge >= 0.3 is 0 Å². The molecule has 1 heterocycles. The fourth-order valence-corrected chi connectivity index (χ4v) is 3.02. The molecule has 0 saturated carbocycles. The van der Waals surface area contributed by atoms with Crippen LogP contribution in [0.25, 0.3) is 0 Å².